The maximum absolute atomic E-state index is 11.1. The molecule has 0 aliphatic carbocycles. The van der Waals surface area contributed by atoms with Crippen LogP contribution in [-0.2, 0) is 14.1 Å². The number of aromatic nitrogens is 3. The first-order valence-corrected chi connectivity index (χ1v) is 5.90. The van der Waals surface area contributed by atoms with E-state index in [4.69, 9.17) is 5.11 Å². The number of rotatable bonds is 2. The molecule has 0 bridgehead atoms. The number of hydrogen-bond acceptors (Lipinski definition) is 2. The Morgan fingerprint density at radius 1 is 1.21 bits per heavy atom. The summed E-state index contributed by atoms with van der Waals surface area (Å²) in [5.74, 6) is -0.972. The van der Waals surface area contributed by atoms with Crippen LogP contribution in [-0.4, -0.2) is 25.4 Å². The van der Waals surface area contributed by atoms with Gasteiger partial charge < -0.3 is 9.67 Å². The van der Waals surface area contributed by atoms with Crippen molar-refractivity contribution in [2.45, 2.75) is 0 Å². The lowest BCUT2D eigenvalue weighted by Gasteiger charge is -2.00. The van der Waals surface area contributed by atoms with Crippen LogP contribution in [0.5, 0.6) is 0 Å². The van der Waals surface area contributed by atoms with Gasteiger partial charge in [-0.25, -0.2) is 4.79 Å². The highest BCUT2D eigenvalue weighted by molar-refractivity contribution is 5.89. The van der Waals surface area contributed by atoms with Crippen LogP contribution in [0, 0.1) is 0 Å². The Balaban J connectivity index is 2.22. The highest BCUT2D eigenvalue weighted by Crippen LogP contribution is 2.26. The fourth-order valence-corrected chi connectivity index (χ4v) is 2.33. The van der Waals surface area contributed by atoms with Crippen molar-refractivity contribution in [1.82, 2.24) is 14.3 Å². The minimum absolute atomic E-state index is 0.181. The number of hydrogen-bond donors (Lipinski definition) is 1. The monoisotopic (exact) mass is 255 g/mol. The number of fused-ring (bicyclic) bond motifs is 1. The molecule has 0 spiro atoms. The SMILES string of the molecule is Cn1nc(-c2cc3ccccc3n2C)cc1C(=O)O. The highest BCUT2D eigenvalue weighted by Gasteiger charge is 2.15. The Hall–Kier alpha value is -2.56. The molecule has 0 amide bonds. The molecule has 5 nitrogen and oxygen atoms in total. The Morgan fingerprint density at radius 2 is 1.95 bits per heavy atom. The molecule has 3 rings (SSSR count). The summed E-state index contributed by atoms with van der Waals surface area (Å²) in [5, 5.41) is 14.5. The van der Waals surface area contributed by atoms with Crippen molar-refractivity contribution in [3.8, 4) is 11.4 Å². The molecule has 0 aliphatic rings. The maximum atomic E-state index is 11.1. The molecule has 0 aliphatic heterocycles. The lowest BCUT2D eigenvalue weighted by atomic mass is 10.2. The molecule has 0 fully saturated rings. The summed E-state index contributed by atoms with van der Waals surface area (Å²) in [6.45, 7) is 0. The second kappa shape index (κ2) is 3.98. The van der Waals surface area contributed by atoms with E-state index in [1.807, 2.05) is 41.9 Å². The number of aromatic carboxylic acids is 1. The molecule has 0 atom stereocenters. The van der Waals surface area contributed by atoms with Crippen LogP contribution >= 0.6 is 0 Å². The molecule has 1 N–H and O–H groups in total. The number of benzene rings is 1. The van der Waals surface area contributed by atoms with Gasteiger partial charge in [0.15, 0.2) is 0 Å². The molecule has 1 aromatic carbocycles. The van der Waals surface area contributed by atoms with Gasteiger partial charge in [0.2, 0.25) is 0 Å². The molecule has 0 unspecified atom stereocenters. The smallest absolute Gasteiger partial charge is 0.354 e. The zero-order chi connectivity index (χ0) is 13.6. The maximum Gasteiger partial charge on any atom is 0.354 e. The van der Waals surface area contributed by atoms with Crippen LogP contribution < -0.4 is 0 Å². The third-order valence-corrected chi connectivity index (χ3v) is 3.31. The van der Waals surface area contributed by atoms with Crippen molar-refractivity contribution in [3.63, 3.8) is 0 Å². The molecule has 2 heterocycles. The summed E-state index contributed by atoms with van der Waals surface area (Å²) < 4.78 is 3.40. The van der Waals surface area contributed by atoms with Crippen LogP contribution in [0.3, 0.4) is 0 Å². The topological polar surface area (TPSA) is 60.0 Å². The Bertz CT molecular complexity index is 783. The molecule has 19 heavy (non-hydrogen) atoms. The molecular formula is C14H13N3O2. The molecule has 0 radical (unpaired) electrons. The van der Waals surface area contributed by atoms with Crippen molar-refractivity contribution < 1.29 is 9.90 Å². The summed E-state index contributed by atoms with van der Waals surface area (Å²) in [5.41, 5.74) is 2.85. The number of carboxylic acids is 1. The second-order valence-corrected chi connectivity index (χ2v) is 4.49. The van der Waals surface area contributed by atoms with Gasteiger partial charge in [-0.1, -0.05) is 18.2 Å². The van der Waals surface area contributed by atoms with E-state index in [1.54, 1.807) is 13.1 Å². The summed E-state index contributed by atoms with van der Waals surface area (Å²) >= 11 is 0. The fourth-order valence-electron chi connectivity index (χ4n) is 2.33. The Labute approximate surface area is 109 Å². The molecule has 96 valence electrons. The number of carbonyl (C=O) groups is 1. The second-order valence-electron chi connectivity index (χ2n) is 4.49. The van der Waals surface area contributed by atoms with E-state index in [9.17, 15) is 4.79 Å². The van der Waals surface area contributed by atoms with E-state index < -0.39 is 5.97 Å². The van der Waals surface area contributed by atoms with Gasteiger partial charge in [0, 0.05) is 31.1 Å². The van der Waals surface area contributed by atoms with Crippen LogP contribution in [0.4, 0.5) is 0 Å². The predicted molar refractivity (Wildman–Crippen MR) is 72.1 cm³/mol. The van der Waals surface area contributed by atoms with Crippen molar-refractivity contribution in [1.29, 1.82) is 0 Å². The van der Waals surface area contributed by atoms with Gasteiger partial charge in [0.25, 0.3) is 0 Å². The standard InChI is InChI=1S/C14H13N3O2/c1-16-11-6-4-3-5-9(11)7-12(16)10-8-13(14(18)19)17(2)15-10/h3-8H,1-2H3,(H,18,19). The third-order valence-electron chi connectivity index (χ3n) is 3.31. The van der Waals surface area contributed by atoms with Gasteiger partial charge in [-0.15, -0.1) is 0 Å². The van der Waals surface area contributed by atoms with Gasteiger partial charge >= 0.3 is 5.97 Å². The first-order chi connectivity index (χ1) is 9.08. The highest BCUT2D eigenvalue weighted by atomic mass is 16.4. The molecular weight excluding hydrogens is 242 g/mol. The Kier molecular flexibility index (Phi) is 2.41. The molecule has 0 saturated carbocycles. The minimum atomic E-state index is -0.972. The third kappa shape index (κ3) is 1.71. The van der Waals surface area contributed by atoms with Gasteiger partial charge in [-0.2, -0.15) is 5.10 Å². The average molecular weight is 255 g/mol. The number of nitrogens with zero attached hydrogens (tertiary/aromatic N) is 3. The minimum Gasteiger partial charge on any atom is -0.477 e. The van der Waals surface area contributed by atoms with Crippen molar-refractivity contribution >= 4 is 16.9 Å². The predicted octanol–water partition coefficient (Wildman–Crippen LogP) is 2.28. The number of para-hydroxylation sites is 1. The molecule has 2 aromatic heterocycles. The molecule has 3 aromatic rings. The van der Waals surface area contributed by atoms with Gasteiger partial charge in [0.05, 0.1) is 5.69 Å². The number of carboxylic acid groups (broad SMARTS) is 1. The van der Waals surface area contributed by atoms with E-state index in [0.29, 0.717) is 5.69 Å². The van der Waals surface area contributed by atoms with Gasteiger partial charge in [-0.3, -0.25) is 4.68 Å². The number of aryl methyl sites for hydroxylation is 2. The van der Waals surface area contributed by atoms with Gasteiger partial charge in [0.1, 0.15) is 11.4 Å². The van der Waals surface area contributed by atoms with E-state index in [0.717, 1.165) is 16.6 Å². The van der Waals surface area contributed by atoms with Gasteiger partial charge in [-0.05, 0) is 12.1 Å². The summed E-state index contributed by atoms with van der Waals surface area (Å²) in [7, 11) is 3.59. The van der Waals surface area contributed by atoms with Crippen LogP contribution in [0.1, 0.15) is 10.5 Å². The molecule has 5 heteroatoms. The molecule has 0 saturated heterocycles. The zero-order valence-electron chi connectivity index (χ0n) is 10.7. The summed E-state index contributed by atoms with van der Waals surface area (Å²) in [4.78, 5) is 11.1. The van der Waals surface area contributed by atoms with E-state index >= 15 is 0 Å². The first-order valence-electron chi connectivity index (χ1n) is 5.90. The largest absolute Gasteiger partial charge is 0.477 e. The van der Waals surface area contributed by atoms with E-state index in [1.165, 1.54) is 4.68 Å². The van der Waals surface area contributed by atoms with Crippen molar-refractivity contribution in [2.24, 2.45) is 14.1 Å². The Morgan fingerprint density at radius 3 is 2.58 bits per heavy atom. The fraction of sp³-hybridized carbons (Fsp3) is 0.143. The normalized spacial score (nSPS) is 11.1. The van der Waals surface area contributed by atoms with Crippen molar-refractivity contribution in [2.75, 3.05) is 0 Å². The lowest BCUT2D eigenvalue weighted by Crippen LogP contribution is -2.04. The van der Waals surface area contributed by atoms with Crippen LogP contribution in [0.2, 0.25) is 0 Å². The quantitative estimate of drug-likeness (QED) is 0.764. The van der Waals surface area contributed by atoms with E-state index in [2.05, 4.69) is 5.10 Å². The summed E-state index contributed by atoms with van der Waals surface area (Å²) in [6.07, 6.45) is 0. The average Bonchev–Trinajstić information content (AvgIpc) is 2.91. The first kappa shape index (κ1) is 11.5. The van der Waals surface area contributed by atoms with Crippen molar-refractivity contribution in [3.05, 3.63) is 42.1 Å². The van der Waals surface area contributed by atoms with Crippen LogP contribution in [0.25, 0.3) is 22.3 Å². The van der Waals surface area contributed by atoms with E-state index in [-0.39, 0.29) is 5.69 Å². The lowest BCUT2D eigenvalue weighted by molar-refractivity contribution is 0.0685. The zero-order valence-corrected chi connectivity index (χ0v) is 10.7. The van der Waals surface area contributed by atoms with Crippen LogP contribution in [0.15, 0.2) is 36.4 Å². The summed E-state index contributed by atoms with van der Waals surface area (Å²) in [6, 6.07) is 11.6.